The minimum Gasteiger partial charge on any atom is -0.267 e. The lowest BCUT2D eigenvalue weighted by Crippen LogP contribution is -2.25. The molecule has 0 aliphatic rings. The molecule has 156 valence electrons. The van der Waals surface area contributed by atoms with Crippen LogP contribution in [0, 0.1) is 6.92 Å². The maximum atomic E-state index is 13.5. The fourth-order valence-electron chi connectivity index (χ4n) is 3.53. The third-order valence-electron chi connectivity index (χ3n) is 5.28. The van der Waals surface area contributed by atoms with Crippen molar-refractivity contribution in [2.24, 2.45) is 0 Å². The first-order valence-electron chi connectivity index (χ1n) is 9.85. The van der Waals surface area contributed by atoms with E-state index in [0.29, 0.717) is 17.7 Å². The number of hydrogen-bond acceptors (Lipinski definition) is 4. The van der Waals surface area contributed by atoms with Crippen molar-refractivity contribution in [1.29, 1.82) is 0 Å². The summed E-state index contributed by atoms with van der Waals surface area (Å²) in [6.07, 6.45) is 2.85. The van der Waals surface area contributed by atoms with E-state index >= 15 is 0 Å². The number of rotatable bonds is 5. The first kappa shape index (κ1) is 20.8. The van der Waals surface area contributed by atoms with E-state index in [-0.39, 0.29) is 10.5 Å². The molecule has 1 aromatic heterocycles. The summed E-state index contributed by atoms with van der Waals surface area (Å²) in [5, 5.41) is 4.43. The predicted molar refractivity (Wildman–Crippen MR) is 123 cm³/mol. The highest BCUT2D eigenvalue weighted by molar-refractivity contribution is 7.90. The molecule has 0 aliphatic carbocycles. The number of sulfone groups is 1. The van der Waals surface area contributed by atoms with Gasteiger partial charge in [0.05, 0.1) is 23.2 Å². The second-order valence-corrected chi connectivity index (χ2v) is 9.50. The molecule has 6 heteroatoms. The summed E-state index contributed by atoms with van der Waals surface area (Å²) in [4.78, 5) is 13.7. The third-order valence-corrected chi connectivity index (χ3v) is 6.41. The molecule has 0 spiro atoms. The Morgan fingerprint density at radius 2 is 1.48 bits per heavy atom. The molecule has 0 unspecified atom stereocenters. The number of aryl methyl sites for hydroxylation is 1. The standard InChI is InChI=1S/C25H22N2O3S/c1-18-8-6-7-11-21(18)17-27-25(28)24(20-9-4-3-5-10-20)23(16-26-27)19-12-14-22(15-13-19)31(2,29)30/h3-16H,17H2,1-2H3. The molecule has 0 aliphatic heterocycles. The van der Waals surface area contributed by atoms with Crippen molar-refractivity contribution in [3.63, 3.8) is 0 Å². The van der Waals surface area contributed by atoms with E-state index in [9.17, 15) is 13.2 Å². The Hall–Kier alpha value is -3.51. The molecule has 4 rings (SSSR count). The molecular weight excluding hydrogens is 408 g/mol. The average molecular weight is 431 g/mol. The Bertz CT molecular complexity index is 1390. The molecule has 0 saturated heterocycles. The largest absolute Gasteiger partial charge is 0.275 e. The predicted octanol–water partition coefficient (Wildman–Crippen LogP) is 4.34. The highest BCUT2D eigenvalue weighted by Crippen LogP contribution is 2.29. The molecule has 3 aromatic carbocycles. The van der Waals surface area contributed by atoms with Crippen LogP contribution in [0.15, 0.2) is 94.7 Å². The molecular formula is C25H22N2O3S. The van der Waals surface area contributed by atoms with E-state index < -0.39 is 9.84 Å². The van der Waals surface area contributed by atoms with E-state index in [1.165, 1.54) is 10.9 Å². The molecule has 31 heavy (non-hydrogen) atoms. The van der Waals surface area contributed by atoms with Gasteiger partial charge in [0.25, 0.3) is 5.56 Å². The zero-order valence-electron chi connectivity index (χ0n) is 17.3. The van der Waals surface area contributed by atoms with Gasteiger partial charge in [-0.15, -0.1) is 0 Å². The van der Waals surface area contributed by atoms with Crippen molar-refractivity contribution in [2.45, 2.75) is 18.4 Å². The highest BCUT2D eigenvalue weighted by Gasteiger charge is 2.16. The van der Waals surface area contributed by atoms with Gasteiger partial charge in [-0.25, -0.2) is 13.1 Å². The van der Waals surface area contributed by atoms with Crippen LogP contribution >= 0.6 is 0 Å². The fourth-order valence-corrected chi connectivity index (χ4v) is 4.16. The number of aromatic nitrogens is 2. The van der Waals surface area contributed by atoms with Crippen molar-refractivity contribution >= 4 is 9.84 Å². The third kappa shape index (κ3) is 4.34. The Morgan fingerprint density at radius 1 is 0.839 bits per heavy atom. The van der Waals surface area contributed by atoms with Crippen molar-refractivity contribution in [2.75, 3.05) is 6.26 Å². The maximum absolute atomic E-state index is 13.5. The monoisotopic (exact) mass is 430 g/mol. The Balaban J connectivity index is 1.87. The number of nitrogens with zero attached hydrogens (tertiary/aromatic N) is 2. The number of benzene rings is 3. The summed E-state index contributed by atoms with van der Waals surface area (Å²) in [5.74, 6) is 0. The van der Waals surface area contributed by atoms with Crippen LogP contribution in [0.3, 0.4) is 0 Å². The SMILES string of the molecule is Cc1ccccc1Cn1ncc(-c2ccc(S(C)(=O)=O)cc2)c(-c2ccccc2)c1=O. The second-order valence-electron chi connectivity index (χ2n) is 7.49. The smallest absolute Gasteiger partial charge is 0.267 e. The molecule has 0 radical (unpaired) electrons. The Morgan fingerprint density at radius 3 is 2.13 bits per heavy atom. The topological polar surface area (TPSA) is 69.0 Å². The van der Waals surface area contributed by atoms with E-state index in [2.05, 4.69) is 5.10 Å². The fraction of sp³-hybridized carbons (Fsp3) is 0.120. The summed E-state index contributed by atoms with van der Waals surface area (Å²) in [6.45, 7) is 2.38. The molecule has 0 bridgehead atoms. The minimum atomic E-state index is -3.30. The van der Waals surface area contributed by atoms with Gasteiger partial charge in [-0.3, -0.25) is 4.79 Å². The van der Waals surface area contributed by atoms with E-state index in [1.54, 1.807) is 30.5 Å². The Labute approximate surface area is 181 Å². The van der Waals surface area contributed by atoms with E-state index in [4.69, 9.17) is 0 Å². The lowest BCUT2D eigenvalue weighted by atomic mass is 9.97. The molecule has 4 aromatic rings. The van der Waals surface area contributed by atoms with Crippen molar-refractivity contribution in [3.8, 4) is 22.3 Å². The van der Waals surface area contributed by atoms with Crippen LogP contribution < -0.4 is 5.56 Å². The summed E-state index contributed by atoms with van der Waals surface area (Å²) in [5.41, 5.74) is 4.65. The second kappa shape index (κ2) is 8.32. The summed E-state index contributed by atoms with van der Waals surface area (Å²) in [6, 6.07) is 23.9. The van der Waals surface area contributed by atoms with Crippen LogP contribution in [0.4, 0.5) is 0 Å². The van der Waals surface area contributed by atoms with Gasteiger partial charge >= 0.3 is 0 Å². The van der Waals surface area contributed by atoms with Gasteiger partial charge in [-0.1, -0.05) is 66.7 Å². The van der Waals surface area contributed by atoms with Crippen molar-refractivity contribution < 1.29 is 8.42 Å². The minimum absolute atomic E-state index is 0.195. The number of hydrogen-bond donors (Lipinski definition) is 0. The van der Waals surface area contributed by atoms with Crippen LogP contribution in [-0.2, 0) is 16.4 Å². The lowest BCUT2D eigenvalue weighted by molar-refractivity contribution is 0.602. The summed E-state index contributed by atoms with van der Waals surface area (Å²) < 4.78 is 25.1. The molecule has 5 nitrogen and oxygen atoms in total. The van der Waals surface area contributed by atoms with Gasteiger partial charge in [0.15, 0.2) is 9.84 Å². The van der Waals surface area contributed by atoms with Crippen LogP contribution in [-0.4, -0.2) is 24.5 Å². The lowest BCUT2D eigenvalue weighted by Gasteiger charge is -2.14. The molecule has 0 saturated carbocycles. The summed E-state index contributed by atoms with van der Waals surface area (Å²) in [7, 11) is -3.30. The van der Waals surface area contributed by atoms with Gasteiger partial charge in [0, 0.05) is 11.8 Å². The van der Waals surface area contributed by atoms with Crippen LogP contribution in [0.5, 0.6) is 0 Å². The van der Waals surface area contributed by atoms with Crippen LogP contribution in [0.25, 0.3) is 22.3 Å². The molecule has 0 N–H and O–H groups in total. The first-order valence-corrected chi connectivity index (χ1v) is 11.7. The molecule has 0 amide bonds. The molecule has 0 fully saturated rings. The van der Waals surface area contributed by atoms with Gasteiger partial charge in [-0.2, -0.15) is 5.10 Å². The van der Waals surface area contributed by atoms with Crippen molar-refractivity contribution in [3.05, 3.63) is 107 Å². The summed E-state index contributed by atoms with van der Waals surface area (Å²) >= 11 is 0. The van der Waals surface area contributed by atoms with Crippen molar-refractivity contribution in [1.82, 2.24) is 9.78 Å². The van der Waals surface area contributed by atoms with Gasteiger partial charge in [0.1, 0.15) is 0 Å². The zero-order chi connectivity index (χ0) is 22.0. The van der Waals surface area contributed by atoms with Gasteiger partial charge < -0.3 is 0 Å². The van der Waals surface area contributed by atoms with Crippen LogP contribution in [0.2, 0.25) is 0 Å². The van der Waals surface area contributed by atoms with Crippen LogP contribution in [0.1, 0.15) is 11.1 Å². The zero-order valence-corrected chi connectivity index (χ0v) is 18.1. The normalized spacial score (nSPS) is 11.4. The quantitative estimate of drug-likeness (QED) is 0.472. The van der Waals surface area contributed by atoms with Gasteiger partial charge in [0.2, 0.25) is 0 Å². The van der Waals surface area contributed by atoms with E-state index in [1.807, 2.05) is 61.5 Å². The first-order chi connectivity index (χ1) is 14.8. The van der Waals surface area contributed by atoms with Gasteiger partial charge in [-0.05, 0) is 41.3 Å². The highest BCUT2D eigenvalue weighted by atomic mass is 32.2. The Kier molecular flexibility index (Phi) is 5.57. The molecule has 0 atom stereocenters. The average Bonchev–Trinajstić information content (AvgIpc) is 2.76. The molecule has 1 heterocycles. The maximum Gasteiger partial charge on any atom is 0.275 e. The van der Waals surface area contributed by atoms with E-state index in [0.717, 1.165) is 22.3 Å².